The second-order valence-electron chi connectivity index (χ2n) is 6.27. The molecule has 0 aliphatic carbocycles. The van der Waals surface area contributed by atoms with E-state index in [9.17, 15) is 24.3 Å². The Bertz CT molecular complexity index is 781. The fourth-order valence-electron chi connectivity index (χ4n) is 2.86. The van der Waals surface area contributed by atoms with E-state index in [0.29, 0.717) is 24.5 Å². The molecule has 0 saturated carbocycles. The van der Waals surface area contributed by atoms with Crippen molar-refractivity contribution >= 4 is 29.5 Å². The quantitative estimate of drug-likeness (QED) is 0.583. The first-order valence-corrected chi connectivity index (χ1v) is 8.78. The summed E-state index contributed by atoms with van der Waals surface area (Å²) >= 11 is 0. The van der Waals surface area contributed by atoms with Crippen molar-refractivity contribution in [1.29, 1.82) is 0 Å². The smallest absolute Gasteiger partial charge is 0.326 e. The van der Waals surface area contributed by atoms with E-state index in [0.717, 1.165) is 4.90 Å². The molecule has 1 aliphatic heterocycles. The van der Waals surface area contributed by atoms with Gasteiger partial charge in [-0.1, -0.05) is 0 Å². The molecule has 1 aromatic rings. The predicted molar refractivity (Wildman–Crippen MR) is 101 cm³/mol. The normalized spacial score (nSPS) is 14.2. The molecule has 2 rings (SSSR count). The Labute approximate surface area is 162 Å². The number of aliphatic carboxylic acids is 1. The highest BCUT2D eigenvalue weighted by Crippen LogP contribution is 2.31. The van der Waals surface area contributed by atoms with E-state index in [1.807, 2.05) is 0 Å². The minimum atomic E-state index is -1.16. The molecular weight excluding hydrogens is 368 g/mol. The highest BCUT2D eigenvalue weighted by Gasteiger charge is 2.29. The van der Waals surface area contributed by atoms with Gasteiger partial charge in [0.05, 0.1) is 12.8 Å². The molecular formula is C18H24N4O6. The van der Waals surface area contributed by atoms with Gasteiger partial charge in [0.2, 0.25) is 5.91 Å². The molecule has 0 radical (unpaired) electrons. The van der Waals surface area contributed by atoms with Crippen molar-refractivity contribution in [3.05, 3.63) is 23.8 Å². The molecule has 1 aromatic carbocycles. The number of nitrogens with zero attached hydrogens (tertiary/aromatic N) is 2. The number of urea groups is 1. The van der Waals surface area contributed by atoms with E-state index in [-0.39, 0.29) is 30.6 Å². The Hall–Kier alpha value is -3.30. The molecule has 1 unspecified atom stereocenters. The van der Waals surface area contributed by atoms with Gasteiger partial charge >= 0.3 is 12.0 Å². The van der Waals surface area contributed by atoms with E-state index >= 15 is 0 Å². The maximum Gasteiger partial charge on any atom is 0.326 e. The van der Waals surface area contributed by atoms with Gasteiger partial charge in [-0.25, -0.2) is 9.59 Å². The van der Waals surface area contributed by atoms with Crippen LogP contribution < -0.4 is 20.3 Å². The van der Waals surface area contributed by atoms with Crippen LogP contribution in [0.25, 0.3) is 0 Å². The summed E-state index contributed by atoms with van der Waals surface area (Å²) in [4.78, 5) is 50.1. The monoisotopic (exact) mass is 392 g/mol. The maximum absolute atomic E-state index is 13.0. The van der Waals surface area contributed by atoms with Crippen molar-refractivity contribution in [2.75, 3.05) is 38.2 Å². The first kappa shape index (κ1) is 21.0. The molecule has 1 heterocycles. The highest BCUT2D eigenvalue weighted by atomic mass is 16.5. The molecule has 1 saturated heterocycles. The number of carboxylic acid groups (broad SMARTS) is 1. The van der Waals surface area contributed by atoms with Gasteiger partial charge in [-0.2, -0.15) is 0 Å². The molecule has 3 N–H and O–H groups in total. The Morgan fingerprint density at radius 3 is 2.64 bits per heavy atom. The van der Waals surface area contributed by atoms with Gasteiger partial charge < -0.3 is 25.4 Å². The van der Waals surface area contributed by atoms with Gasteiger partial charge in [-0.3, -0.25) is 14.5 Å². The van der Waals surface area contributed by atoms with Gasteiger partial charge in [0.25, 0.3) is 5.91 Å². The first-order valence-electron chi connectivity index (χ1n) is 8.78. The topological polar surface area (TPSA) is 128 Å². The number of anilines is 1. The van der Waals surface area contributed by atoms with Gasteiger partial charge in [0, 0.05) is 38.7 Å². The number of rotatable bonds is 8. The number of carbonyl (C=O) groups is 4. The molecule has 152 valence electrons. The van der Waals surface area contributed by atoms with E-state index in [4.69, 9.17) is 4.74 Å². The summed E-state index contributed by atoms with van der Waals surface area (Å²) in [5.41, 5.74) is 0.638. The Morgan fingerprint density at radius 1 is 1.39 bits per heavy atom. The molecule has 28 heavy (non-hydrogen) atoms. The molecule has 0 bridgehead atoms. The molecule has 1 aliphatic rings. The lowest BCUT2D eigenvalue weighted by molar-refractivity contribution is -0.141. The number of hydrogen-bond acceptors (Lipinski definition) is 5. The summed E-state index contributed by atoms with van der Waals surface area (Å²) in [6, 6.07) is 3.18. The zero-order chi connectivity index (χ0) is 20.8. The number of nitrogens with one attached hydrogen (secondary N) is 2. The van der Waals surface area contributed by atoms with Crippen LogP contribution in [0.3, 0.4) is 0 Å². The van der Waals surface area contributed by atoms with Crippen LogP contribution in [0.5, 0.6) is 5.75 Å². The molecule has 0 spiro atoms. The second kappa shape index (κ2) is 9.07. The number of ether oxygens (including phenoxy) is 1. The lowest BCUT2D eigenvalue weighted by Crippen LogP contribution is -2.46. The van der Waals surface area contributed by atoms with Crippen molar-refractivity contribution in [2.45, 2.75) is 19.9 Å². The first-order chi connectivity index (χ1) is 13.3. The number of carboxylic acids is 1. The Morgan fingerprint density at radius 2 is 2.11 bits per heavy atom. The van der Waals surface area contributed by atoms with Crippen molar-refractivity contribution in [3.63, 3.8) is 0 Å². The van der Waals surface area contributed by atoms with Crippen molar-refractivity contribution < 1.29 is 29.0 Å². The van der Waals surface area contributed by atoms with E-state index in [1.165, 1.54) is 38.0 Å². The third-order valence-electron chi connectivity index (χ3n) is 4.39. The molecule has 4 amide bonds. The van der Waals surface area contributed by atoms with Gasteiger partial charge in [-0.15, -0.1) is 0 Å². The molecule has 1 fully saturated rings. The summed E-state index contributed by atoms with van der Waals surface area (Å²) in [6.07, 6.45) is 0. The average Bonchev–Trinajstić information content (AvgIpc) is 3.09. The summed E-state index contributed by atoms with van der Waals surface area (Å²) in [6.45, 7) is 3.77. The van der Waals surface area contributed by atoms with E-state index in [2.05, 4.69) is 10.6 Å². The summed E-state index contributed by atoms with van der Waals surface area (Å²) < 4.78 is 5.29. The fraction of sp³-hybridized carbons (Fsp3) is 0.444. The van der Waals surface area contributed by atoms with Crippen LogP contribution in [0.1, 0.15) is 24.2 Å². The largest absolute Gasteiger partial charge is 0.495 e. The standard InChI is InChI=1S/C18H24N4O6/c1-11(17(25)26)21(8-6-19-12(2)23)16(24)13-4-5-15(28-3)14(10-13)22-9-7-20-18(22)27/h4-5,10-11H,6-9H2,1-3H3,(H,19,23)(H,20,27)(H,25,26). The molecule has 10 nitrogen and oxygen atoms in total. The zero-order valence-corrected chi connectivity index (χ0v) is 16.0. The molecule has 0 aromatic heterocycles. The summed E-state index contributed by atoms with van der Waals surface area (Å²) in [7, 11) is 1.46. The zero-order valence-electron chi connectivity index (χ0n) is 16.0. The third-order valence-corrected chi connectivity index (χ3v) is 4.39. The Kier molecular flexibility index (Phi) is 6.80. The Balaban J connectivity index is 2.33. The lowest BCUT2D eigenvalue weighted by Gasteiger charge is -2.27. The van der Waals surface area contributed by atoms with Crippen LogP contribution in [0, 0.1) is 0 Å². The van der Waals surface area contributed by atoms with Crippen molar-refractivity contribution in [1.82, 2.24) is 15.5 Å². The van der Waals surface area contributed by atoms with Crippen molar-refractivity contribution in [2.24, 2.45) is 0 Å². The maximum atomic E-state index is 13.0. The highest BCUT2D eigenvalue weighted by molar-refractivity contribution is 6.01. The van der Waals surface area contributed by atoms with Gasteiger partial charge in [-0.05, 0) is 25.1 Å². The van der Waals surface area contributed by atoms with Gasteiger partial charge in [0.15, 0.2) is 0 Å². The summed E-state index contributed by atoms with van der Waals surface area (Å²) in [5, 5.41) is 14.6. The molecule has 10 heteroatoms. The number of hydrogen-bond donors (Lipinski definition) is 3. The van der Waals surface area contributed by atoms with Crippen LogP contribution in [-0.2, 0) is 9.59 Å². The number of benzene rings is 1. The SMILES string of the molecule is COc1ccc(C(=O)N(CCNC(C)=O)C(C)C(=O)O)cc1N1CCNC1=O. The molecule has 1 atom stereocenters. The van der Waals surface area contributed by atoms with Crippen molar-refractivity contribution in [3.8, 4) is 5.75 Å². The minimum absolute atomic E-state index is 0.0252. The number of methoxy groups -OCH3 is 1. The average molecular weight is 392 g/mol. The summed E-state index contributed by atoms with van der Waals surface area (Å²) in [5.74, 6) is -1.54. The number of amides is 4. The van der Waals surface area contributed by atoms with Gasteiger partial charge in [0.1, 0.15) is 11.8 Å². The van der Waals surface area contributed by atoms with Crippen LogP contribution in [-0.4, -0.2) is 73.2 Å². The number of carbonyl (C=O) groups excluding carboxylic acids is 3. The predicted octanol–water partition coefficient (Wildman–Crippen LogP) is 0.276. The van der Waals surface area contributed by atoms with E-state index in [1.54, 1.807) is 6.07 Å². The van der Waals surface area contributed by atoms with Crippen LogP contribution in [0.2, 0.25) is 0 Å². The second-order valence-corrected chi connectivity index (χ2v) is 6.27. The third kappa shape index (κ3) is 4.70. The minimum Gasteiger partial charge on any atom is -0.495 e. The van der Waals surface area contributed by atoms with Crippen LogP contribution in [0.4, 0.5) is 10.5 Å². The van der Waals surface area contributed by atoms with Crippen LogP contribution in [0.15, 0.2) is 18.2 Å². The van der Waals surface area contributed by atoms with E-state index < -0.39 is 17.9 Å². The lowest BCUT2D eigenvalue weighted by atomic mass is 10.1. The fourth-order valence-corrected chi connectivity index (χ4v) is 2.86. The van der Waals surface area contributed by atoms with Crippen LogP contribution >= 0.6 is 0 Å².